The third-order valence-corrected chi connectivity index (χ3v) is 10.6. The highest BCUT2D eigenvalue weighted by molar-refractivity contribution is 6.25. The standard InChI is InChI=1S/C47H35N7/c1-28-39-35-19-9-10-20-37(35)50-43(33-17-11-23-48-26-33)41(39)29(2)40-36-22-21-32(25-38(36)51-44(42(28)40)34-18-12-24-49-27-34)47-53-45(30-13-5-3-6-14-30)52-46(54-47)31-15-7-4-8-16-31/h3-15,17-23,25-27,31,49H,16,24H2,1-2H3. The lowest BCUT2D eigenvalue weighted by Gasteiger charge is -2.21. The summed E-state index contributed by atoms with van der Waals surface area (Å²) in [7, 11) is 0. The van der Waals surface area contributed by atoms with E-state index in [-0.39, 0.29) is 5.92 Å². The van der Waals surface area contributed by atoms with Crippen LogP contribution in [0.25, 0.3) is 83.0 Å². The molecule has 1 N–H and O–H groups in total. The maximum Gasteiger partial charge on any atom is 0.163 e. The second kappa shape index (κ2) is 13.0. The lowest BCUT2D eigenvalue weighted by atomic mass is 9.86. The number of dihydropyridines is 1. The van der Waals surface area contributed by atoms with Crippen molar-refractivity contribution in [1.29, 1.82) is 0 Å². The van der Waals surface area contributed by atoms with E-state index in [0.29, 0.717) is 11.6 Å². The van der Waals surface area contributed by atoms with E-state index in [1.165, 1.54) is 10.9 Å². The molecule has 0 radical (unpaired) electrons. The lowest BCUT2D eigenvalue weighted by molar-refractivity contribution is 0.764. The zero-order valence-electron chi connectivity index (χ0n) is 30.0. The van der Waals surface area contributed by atoms with E-state index in [1.807, 2.05) is 48.8 Å². The highest BCUT2D eigenvalue weighted by atomic mass is 15.0. The first-order chi connectivity index (χ1) is 26.6. The van der Waals surface area contributed by atoms with Crippen LogP contribution in [0.2, 0.25) is 0 Å². The molecule has 4 aromatic heterocycles. The number of fused-ring (bicyclic) bond motifs is 6. The van der Waals surface area contributed by atoms with Crippen molar-refractivity contribution in [3.63, 3.8) is 0 Å². The fraction of sp³-hybridized carbons (Fsp3) is 0.106. The maximum atomic E-state index is 5.50. The van der Waals surface area contributed by atoms with Gasteiger partial charge in [-0.3, -0.25) is 4.98 Å². The first-order valence-corrected chi connectivity index (χ1v) is 18.4. The van der Waals surface area contributed by atoms with Crippen molar-refractivity contribution < 1.29 is 0 Å². The molecule has 1 aliphatic carbocycles. The molecule has 258 valence electrons. The van der Waals surface area contributed by atoms with Gasteiger partial charge in [0.05, 0.1) is 22.4 Å². The number of nitrogens with zero attached hydrogens (tertiary/aromatic N) is 6. The molecule has 2 aliphatic rings. The number of benzene rings is 4. The van der Waals surface area contributed by atoms with Crippen LogP contribution in [-0.4, -0.2) is 36.4 Å². The molecule has 0 saturated carbocycles. The lowest BCUT2D eigenvalue weighted by Crippen LogP contribution is -2.10. The van der Waals surface area contributed by atoms with Gasteiger partial charge >= 0.3 is 0 Å². The number of aryl methyl sites for hydroxylation is 2. The van der Waals surface area contributed by atoms with Gasteiger partial charge in [-0.1, -0.05) is 97.1 Å². The number of para-hydroxylation sites is 1. The first kappa shape index (κ1) is 31.8. The second-order valence-electron chi connectivity index (χ2n) is 13.9. The highest BCUT2D eigenvalue weighted by Crippen LogP contribution is 2.45. The third-order valence-electron chi connectivity index (χ3n) is 10.6. The molecule has 0 spiro atoms. The molecule has 1 aliphatic heterocycles. The summed E-state index contributed by atoms with van der Waals surface area (Å²) in [6.07, 6.45) is 19.5. The third kappa shape index (κ3) is 5.27. The number of aromatic nitrogens is 6. The zero-order chi connectivity index (χ0) is 36.2. The second-order valence-corrected chi connectivity index (χ2v) is 13.9. The molecule has 7 nitrogen and oxygen atoms in total. The average Bonchev–Trinajstić information content (AvgIpc) is 3.25. The van der Waals surface area contributed by atoms with Crippen LogP contribution in [0, 0.1) is 13.8 Å². The van der Waals surface area contributed by atoms with Crippen molar-refractivity contribution in [3.05, 3.63) is 163 Å². The van der Waals surface area contributed by atoms with Crippen LogP contribution < -0.4 is 5.32 Å². The van der Waals surface area contributed by atoms with E-state index < -0.39 is 0 Å². The fourth-order valence-electron chi connectivity index (χ4n) is 8.09. The smallest absolute Gasteiger partial charge is 0.163 e. The van der Waals surface area contributed by atoms with Crippen molar-refractivity contribution >= 4 is 48.9 Å². The van der Waals surface area contributed by atoms with Crippen molar-refractivity contribution in [2.24, 2.45) is 0 Å². The van der Waals surface area contributed by atoms with E-state index in [1.54, 1.807) is 0 Å². The minimum atomic E-state index is 0.0727. The number of nitrogens with one attached hydrogen (secondary N) is 1. The van der Waals surface area contributed by atoms with Gasteiger partial charge in [0.25, 0.3) is 0 Å². The highest BCUT2D eigenvalue weighted by Gasteiger charge is 2.24. The molecule has 0 bridgehead atoms. The Morgan fingerprint density at radius 2 is 1.35 bits per heavy atom. The van der Waals surface area contributed by atoms with Crippen LogP contribution in [0.3, 0.4) is 0 Å². The monoisotopic (exact) mass is 697 g/mol. The van der Waals surface area contributed by atoms with Crippen LogP contribution in [0.15, 0.2) is 140 Å². The quantitative estimate of drug-likeness (QED) is 0.141. The average molecular weight is 698 g/mol. The largest absolute Gasteiger partial charge is 0.387 e. The number of pyridine rings is 3. The summed E-state index contributed by atoms with van der Waals surface area (Å²) >= 11 is 0. The minimum Gasteiger partial charge on any atom is -0.387 e. The fourth-order valence-corrected chi connectivity index (χ4v) is 8.09. The number of hydrogen-bond acceptors (Lipinski definition) is 7. The summed E-state index contributed by atoms with van der Waals surface area (Å²) in [5, 5.41) is 10.2. The molecular formula is C47H35N7. The molecule has 4 aromatic carbocycles. The van der Waals surface area contributed by atoms with Crippen molar-refractivity contribution in [2.75, 3.05) is 6.54 Å². The Bertz CT molecular complexity index is 2930. The Kier molecular flexibility index (Phi) is 7.65. The number of hydrogen-bond donors (Lipinski definition) is 1. The summed E-state index contributed by atoms with van der Waals surface area (Å²) in [6, 6.07) is 29.1. The molecule has 0 saturated heterocycles. The van der Waals surface area contributed by atoms with Crippen LogP contribution in [0.5, 0.6) is 0 Å². The summed E-state index contributed by atoms with van der Waals surface area (Å²) in [4.78, 5) is 30.4. The molecule has 7 heteroatoms. The maximum absolute atomic E-state index is 5.50. The molecule has 1 atom stereocenters. The summed E-state index contributed by atoms with van der Waals surface area (Å²) in [5.74, 6) is 2.13. The molecule has 54 heavy (non-hydrogen) atoms. The zero-order valence-corrected chi connectivity index (χ0v) is 30.0. The van der Waals surface area contributed by atoms with Gasteiger partial charge in [0.2, 0.25) is 0 Å². The van der Waals surface area contributed by atoms with E-state index in [2.05, 4.69) is 115 Å². The van der Waals surface area contributed by atoms with E-state index in [4.69, 9.17) is 24.9 Å². The topological polar surface area (TPSA) is 89.4 Å². The van der Waals surface area contributed by atoms with Crippen molar-refractivity contribution in [3.8, 4) is 34.0 Å². The Morgan fingerprint density at radius 3 is 2.11 bits per heavy atom. The molecule has 10 rings (SSSR count). The van der Waals surface area contributed by atoms with Crippen LogP contribution in [0.4, 0.5) is 0 Å². The molecule has 8 aromatic rings. The van der Waals surface area contributed by atoms with Gasteiger partial charge in [-0.05, 0) is 66.4 Å². The van der Waals surface area contributed by atoms with Crippen molar-refractivity contribution in [1.82, 2.24) is 35.2 Å². The van der Waals surface area contributed by atoms with Crippen molar-refractivity contribution in [2.45, 2.75) is 26.2 Å². The predicted molar refractivity (Wildman–Crippen MR) is 220 cm³/mol. The Hall–Kier alpha value is -6.86. The van der Waals surface area contributed by atoms with Gasteiger partial charge in [-0.2, -0.15) is 0 Å². The van der Waals surface area contributed by atoms with Gasteiger partial charge in [-0.15, -0.1) is 0 Å². The summed E-state index contributed by atoms with van der Waals surface area (Å²) in [5.41, 5.74) is 9.89. The Morgan fingerprint density at radius 1 is 0.611 bits per heavy atom. The number of rotatable bonds is 5. The Labute approximate surface area is 312 Å². The van der Waals surface area contributed by atoms with E-state index in [0.717, 1.165) is 96.0 Å². The van der Waals surface area contributed by atoms with Crippen LogP contribution >= 0.6 is 0 Å². The van der Waals surface area contributed by atoms with Gasteiger partial charge < -0.3 is 5.32 Å². The summed E-state index contributed by atoms with van der Waals surface area (Å²) in [6.45, 7) is 5.25. The van der Waals surface area contributed by atoms with Gasteiger partial charge in [-0.25, -0.2) is 24.9 Å². The van der Waals surface area contributed by atoms with E-state index >= 15 is 0 Å². The van der Waals surface area contributed by atoms with Crippen LogP contribution in [-0.2, 0) is 0 Å². The minimum absolute atomic E-state index is 0.0727. The molecule has 1 unspecified atom stereocenters. The SMILES string of the molecule is Cc1c2c(-c3cccnc3)nc3ccccc3c2c(C)c2c(C3=CNCC=C3)nc3cc(-c4nc(-c5ccccc5)nc(C5C=CC=CC5)n4)ccc3c12. The predicted octanol–water partition coefficient (Wildman–Crippen LogP) is 10.4. The van der Waals surface area contributed by atoms with E-state index in [9.17, 15) is 0 Å². The van der Waals surface area contributed by atoms with Gasteiger partial charge in [0, 0.05) is 74.9 Å². The molecule has 0 fully saturated rings. The van der Waals surface area contributed by atoms with Gasteiger partial charge in [0.1, 0.15) is 5.82 Å². The van der Waals surface area contributed by atoms with Gasteiger partial charge in [0.15, 0.2) is 11.6 Å². The molecule has 0 amide bonds. The molecular weight excluding hydrogens is 663 g/mol. The summed E-state index contributed by atoms with van der Waals surface area (Å²) < 4.78 is 0. The first-order valence-electron chi connectivity index (χ1n) is 18.4. The number of allylic oxidation sites excluding steroid dienone is 6. The Balaban J connectivity index is 1.28. The normalized spacial score (nSPS) is 15.3. The van der Waals surface area contributed by atoms with Crippen LogP contribution in [0.1, 0.15) is 35.0 Å². The molecule has 5 heterocycles.